The lowest BCUT2D eigenvalue weighted by atomic mass is 10.0. The van der Waals surface area contributed by atoms with Crippen molar-refractivity contribution in [2.75, 3.05) is 37.5 Å². The highest BCUT2D eigenvalue weighted by Crippen LogP contribution is 2.35. The van der Waals surface area contributed by atoms with Crippen LogP contribution in [0.25, 0.3) is 10.9 Å². The number of carbonyl (C=O) groups is 1. The Morgan fingerprint density at radius 2 is 1.66 bits per heavy atom. The first-order valence-electron chi connectivity index (χ1n) is 12.0. The summed E-state index contributed by atoms with van der Waals surface area (Å²) in [4.78, 5) is 46.5. The normalized spacial score (nSPS) is 11.8. The predicted molar refractivity (Wildman–Crippen MR) is 143 cm³/mol. The molecule has 0 aliphatic rings. The maximum absolute atomic E-state index is 12.2. The van der Waals surface area contributed by atoms with E-state index in [2.05, 4.69) is 15.3 Å². The molecule has 4 rings (SSSR count). The molecule has 0 radical (unpaired) electrons. The fourth-order valence-electron chi connectivity index (χ4n) is 4.21. The standard InChI is InChI=1S/C27H28N4O7/c1-5-31(6-2)23-22(24(32)25(23)33)30-19(27(34)35)11-15-7-9-16(10-8-15)38-26-17-12-20(36-3)21(37-4)13-18(17)28-14-29-26/h7-10,12-14,19,30H,5-6,11H2,1-4H3,(H,34,35)/t19-/m0/s1. The highest BCUT2D eigenvalue weighted by molar-refractivity contribution is 5.87. The summed E-state index contributed by atoms with van der Waals surface area (Å²) in [6.07, 6.45) is 1.47. The van der Waals surface area contributed by atoms with Crippen molar-refractivity contribution < 1.29 is 24.1 Å². The van der Waals surface area contributed by atoms with E-state index >= 15 is 0 Å². The van der Waals surface area contributed by atoms with Gasteiger partial charge in [-0.3, -0.25) is 9.59 Å². The molecule has 0 amide bonds. The fraction of sp³-hybridized carbons (Fsp3) is 0.296. The summed E-state index contributed by atoms with van der Waals surface area (Å²) in [5.74, 6) is 0.699. The summed E-state index contributed by atoms with van der Waals surface area (Å²) in [6.45, 7) is 4.77. The molecule has 11 nitrogen and oxygen atoms in total. The van der Waals surface area contributed by atoms with Crippen molar-refractivity contribution in [1.82, 2.24) is 9.97 Å². The molecule has 0 spiro atoms. The molecule has 1 aromatic heterocycles. The fourth-order valence-corrected chi connectivity index (χ4v) is 4.21. The van der Waals surface area contributed by atoms with Crippen LogP contribution in [0.2, 0.25) is 0 Å². The Bertz CT molecular complexity index is 1520. The lowest BCUT2D eigenvalue weighted by Gasteiger charge is -2.26. The molecule has 0 fully saturated rings. The quantitative estimate of drug-likeness (QED) is 0.266. The van der Waals surface area contributed by atoms with E-state index in [1.54, 1.807) is 48.4 Å². The van der Waals surface area contributed by atoms with E-state index in [9.17, 15) is 19.5 Å². The number of anilines is 2. The van der Waals surface area contributed by atoms with Gasteiger partial charge in [-0.2, -0.15) is 0 Å². The summed E-state index contributed by atoms with van der Waals surface area (Å²) in [7, 11) is 3.07. The number of aliphatic carboxylic acids is 1. The van der Waals surface area contributed by atoms with Crippen LogP contribution in [0.15, 0.2) is 52.3 Å². The maximum Gasteiger partial charge on any atom is 0.326 e. The molecule has 198 valence electrons. The molecule has 38 heavy (non-hydrogen) atoms. The largest absolute Gasteiger partial charge is 0.493 e. The van der Waals surface area contributed by atoms with Gasteiger partial charge in [0, 0.05) is 25.6 Å². The van der Waals surface area contributed by atoms with Crippen molar-refractivity contribution in [2.45, 2.75) is 26.3 Å². The van der Waals surface area contributed by atoms with E-state index in [1.807, 2.05) is 13.8 Å². The lowest BCUT2D eigenvalue weighted by Crippen LogP contribution is -2.45. The molecular weight excluding hydrogens is 492 g/mol. The zero-order valence-corrected chi connectivity index (χ0v) is 21.5. The number of methoxy groups -OCH3 is 2. The summed E-state index contributed by atoms with van der Waals surface area (Å²) in [5.41, 5.74) is 0.291. The number of aromatic nitrogens is 2. The first-order chi connectivity index (χ1) is 18.3. The van der Waals surface area contributed by atoms with E-state index in [-0.39, 0.29) is 17.8 Å². The van der Waals surface area contributed by atoms with Crippen LogP contribution in [0.3, 0.4) is 0 Å². The van der Waals surface area contributed by atoms with Crippen LogP contribution in [0.1, 0.15) is 19.4 Å². The van der Waals surface area contributed by atoms with Gasteiger partial charge in [-0.15, -0.1) is 0 Å². The van der Waals surface area contributed by atoms with Gasteiger partial charge in [-0.05, 0) is 37.6 Å². The summed E-state index contributed by atoms with van der Waals surface area (Å²) >= 11 is 0. The van der Waals surface area contributed by atoms with Gasteiger partial charge in [0.05, 0.1) is 25.1 Å². The second-order valence-electron chi connectivity index (χ2n) is 8.44. The minimum absolute atomic E-state index is 0.0498. The van der Waals surface area contributed by atoms with Crippen molar-refractivity contribution >= 4 is 28.2 Å². The van der Waals surface area contributed by atoms with Crippen LogP contribution < -0.4 is 35.3 Å². The molecule has 0 aliphatic carbocycles. The smallest absolute Gasteiger partial charge is 0.326 e. The number of fused-ring (bicyclic) bond motifs is 1. The van der Waals surface area contributed by atoms with Gasteiger partial charge in [0.25, 0.3) is 10.9 Å². The number of rotatable bonds is 12. The Kier molecular flexibility index (Phi) is 7.75. The number of hydrogen-bond acceptors (Lipinski definition) is 10. The molecule has 0 saturated heterocycles. The van der Waals surface area contributed by atoms with Gasteiger partial charge in [-0.25, -0.2) is 14.8 Å². The maximum atomic E-state index is 12.2. The first-order valence-corrected chi connectivity index (χ1v) is 12.0. The molecule has 4 aromatic rings. The highest BCUT2D eigenvalue weighted by atomic mass is 16.5. The summed E-state index contributed by atoms with van der Waals surface area (Å²) in [6, 6.07) is 9.21. The summed E-state index contributed by atoms with van der Waals surface area (Å²) in [5, 5.41) is 13.2. The van der Waals surface area contributed by atoms with Crippen LogP contribution in [-0.4, -0.2) is 54.4 Å². The van der Waals surface area contributed by atoms with Crippen LogP contribution in [0, 0.1) is 0 Å². The molecule has 2 N–H and O–H groups in total. The number of ether oxygens (including phenoxy) is 3. The number of hydrogen-bond donors (Lipinski definition) is 2. The van der Waals surface area contributed by atoms with Gasteiger partial charge in [-0.1, -0.05) is 12.1 Å². The van der Waals surface area contributed by atoms with Crippen LogP contribution >= 0.6 is 0 Å². The van der Waals surface area contributed by atoms with E-state index in [0.717, 1.165) is 0 Å². The molecule has 0 unspecified atom stereocenters. The second kappa shape index (κ2) is 11.2. The molecule has 0 aliphatic heterocycles. The third-order valence-electron chi connectivity index (χ3n) is 6.26. The Morgan fingerprint density at radius 3 is 2.26 bits per heavy atom. The number of nitrogens with zero attached hydrogens (tertiary/aromatic N) is 3. The number of nitrogens with one attached hydrogen (secondary N) is 1. The van der Waals surface area contributed by atoms with Crippen molar-refractivity contribution in [3.8, 4) is 23.1 Å². The van der Waals surface area contributed by atoms with Crippen LogP contribution in [0.4, 0.5) is 11.4 Å². The van der Waals surface area contributed by atoms with Crippen LogP contribution in [-0.2, 0) is 11.2 Å². The van der Waals surface area contributed by atoms with Gasteiger partial charge >= 0.3 is 5.97 Å². The van der Waals surface area contributed by atoms with Crippen LogP contribution in [0.5, 0.6) is 23.1 Å². The average molecular weight is 521 g/mol. The predicted octanol–water partition coefficient (Wildman–Crippen LogP) is 2.99. The van der Waals surface area contributed by atoms with Crippen molar-refractivity contribution in [3.05, 3.63) is 68.7 Å². The van der Waals surface area contributed by atoms with Gasteiger partial charge in [0.15, 0.2) is 11.5 Å². The molecule has 11 heteroatoms. The Labute approximate surface area is 218 Å². The number of carboxylic acids is 1. The third-order valence-corrected chi connectivity index (χ3v) is 6.26. The number of carboxylic acid groups (broad SMARTS) is 1. The molecule has 1 heterocycles. The van der Waals surface area contributed by atoms with Crippen molar-refractivity contribution in [1.29, 1.82) is 0 Å². The number of benzene rings is 2. The van der Waals surface area contributed by atoms with Gasteiger partial charge < -0.3 is 29.5 Å². The minimum atomic E-state index is -1.14. The van der Waals surface area contributed by atoms with E-state index in [4.69, 9.17) is 14.2 Å². The van der Waals surface area contributed by atoms with Gasteiger partial charge in [0.1, 0.15) is 29.5 Å². The molecular formula is C27H28N4O7. The highest BCUT2D eigenvalue weighted by Gasteiger charge is 2.29. The summed E-state index contributed by atoms with van der Waals surface area (Å²) < 4.78 is 16.7. The zero-order valence-electron chi connectivity index (χ0n) is 21.5. The molecule has 1 atom stereocenters. The minimum Gasteiger partial charge on any atom is -0.493 e. The molecule has 0 saturated carbocycles. The van der Waals surface area contributed by atoms with E-state index in [0.29, 0.717) is 52.7 Å². The average Bonchev–Trinajstić information content (AvgIpc) is 2.94. The first kappa shape index (κ1) is 26.4. The second-order valence-corrected chi connectivity index (χ2v) is 8.44. The Hall–Kier alpha value is -4.67. The monoisotopic (exact) mass is 520 g/mol. The SMILES string of the molecule is CCN(CC)c1c(N[C@@H](Cc2ccc(Oc3ncnc4cc(OC)c(OC)cc34)cc2)C(=O)O)c(=O)c1=O. The third kappa shape index (κ3) is 5.08. The van der Waals surface area contributed by atoms with Gasteiger partial charge in [0.2, 0.25) is 5.88 Å². The van der Waals surface area contributed by atoms with Crippen molar-refractivity contribution in [3.63, 3.8) is 0 Å². The zero-order chi connectivity index (χ0) is 27.4. The molecule has 3 aromatic carbocycles. The van der Waals surface area contributed by atoms with E-state index < -0.39 is 22.9 Å². The Morgan fingerprint density at radius 1 is 1.00 bits per heavy atom. The van der Waals surface area contributed by atoms with E-state index in [1.165, 1.54) is 13.4 Å². The lowest BCUT2D eigenvalue weighted by molar-refractivity contribution is -0.137. The molecule has 0 bridgehead atoms. The van der Waals surface area contributed by atoms with Crippen molar-refractivity contribution in [2.24, 2.45) is 0 Å². The topological polar surface area (TPSA) is 140 Å². The Balaban J connectivity index is 1.52.